The number of thioether (sulfide) groups is 1. The number of carbonyl (C=O) groups excluding carboxylic acids is 1. The molecule has 0 amide bonds. The molecule has 0 bridgehead atoms. The van der Waals surface area contributed by atoms with E-state index in [1.54, 1.807) is 22.9 Å². The van der Waals surface area contributed by atoms with E-state index in [1.165, 1.54) is 23.1 Å². The number of nitrogens with one attached hydrogen (secondary N) is 1. The lowest BCUT2D eigenvalue weighted by atomic mass is 10.1. The minimum Gasteiger partial charge on any atom is -0.286 e. The summed E-state index contributed by atoms with van der Waals surface area (Å²) in [4.78, 5) is 16.0. The molecule has 0 aliphatic carbocycles. The molecule has 0 atom stereocenters. The smallest absolute Gasteiger partial charge is 0.224 e. The average Bonchev–Trinajstić information content (AvgIpc) is 3.10. The summed E-state index contributed by atoms with van der Waals surface area (Å²) in [7, 11) is 0. The molecule has 0 aliphatic rings. The summed E-state index contributed by atoms with van der Waals surface area (Å²) in [5, 5.41) is 17.2. The summed E-state index contributed by atoms with van der Waals surface area (Å²) < 4.78 is 4.03. The van der Waals surface area contributed by atoms with Crippen molar-refractivity contribution in [3.63, 3.8) is 0 Å². The molecule has 2 aromatic rings. The highest BCUT2D eigenvalue weighted by Crippen LogP contribution is 2.17. The van der Waals surface area contributed by atoms with Gasteiger partial charge in [0.05, 0.1) is 0 Å². The zero-order valence-corrected chi connectivity index (χ0v) is 12.1. The van der Waals surface area contributed by atoms with Gasteiger partial charge in [-0.2, -0.15) is 31.1 Å². The topological polar surface area (TPSA) is 91.0 Å². The number of carbonyl (C=O) groups is 1. The molecule has 1 N–H and O–H groups in total. The molecule has 19 heavy (non-hydrogen) atoms. The van der Waals surface area contributed by atoms with E-state index < -0.39 is 5.78 Å². The third kappa shape index (κ3) is 3.37. The summed E-state index contributed by atoms with van der Waals surface area (Å²) in [5.74, 6) is -0.411. The number of aromatic nitrogens is 2. The van der Waals surface area contributed by atoms with E-state index in [2.05, 4.69) is 19.9 Å². The average molecular weight is 309 g/mol. The van der Waals surface area contributed by atoms with Crippen molar-refractivity contribution in [1.82, 2.24) is 9.36 Å². The van der Waals surface area contributed by atoms with Crippen LogP contribution in [0.1, 0.15) is 10.4 Å². The molecule has 0 radical (unpaired) electrons. The van der Waals surface area contributed by atoms with Gasteiger partial charge in [-0.15, -0.1) is 0 Å². The highest BCUT2D eigenvalue weighted by molar-refractivity contribution is 7.98. The third-order valence-electron chi connectivity index (χ3n) is 1.96. The van der Waals surface area contributed by atoms with Crippen molar-refractivity contribution in [3.8, 4) is 6.07 Å². The molecule has 6 nitrogen and oxygen atoms in total. The van der Waals surface area contributed by atoms with E-state index in [4.69, 9.17) is 5.26 Å². The minimum atomic E-state index is -0.411. The SMILES string of the molecule is CSc1nsc(N/N=C(\C#N)C(=O)c2ccsc2)n1. The largest absolute Gasteiger partial charge is 0.286 e. The van der Waals surface area contributed by atoms with Crippen molar-refractivity contribution >= 4 is 51.3 Å². The molecule has 2 aromatic heterocycles. The summed E-state index contributed by atoms with van der Waals surface area (Å²) in [5.41, 5.74) is 2.82. The predicted molar refractivity (Wildman–Crippen MR) is 77.0 cm³/mol. The first kappa shape index (κ1) is 13.7. The Kier molecular flexibility index (Phi) is 4.62. The zero-order valence-electron chi connectivity index (χ0n) is 9.65. The number of rotatable bonds is 5. The van der Waals surface area contributed by atoms with Crippen LogP contribution in [0.15, 0.2) is 27.1 Å². The van der Waals surface area contributed by atoms with Crippen molar-refractivity contribution < 1.29 is 4.79 Å². The van der Waals surface area contributed by atoms with Crippen molar-refractivity contribution in [2.75, 3.05) is 11.7 Å². The van der Waals surface area contributed by atoms with Gasteiger partial charge in [0, 0.05) is 22.5 Å². The normalized spacial score (nSPS) is 11.1. The molecule has 0 unspecified atom stereocenters. The van der Waals surface area contributed by atoms with E-state index in [9.17, 15) is 4.79 Å². The molecule has 2 heterocycles. The summed E-state index contributed by atoms with van der Waals surface area (Å²) in [6.45, 7) is 0. The Morgan fingerprint density at radius 1 is 1.63 bits per heavy atom. The van der Waals surface area contributed by atoms with Gasteiger partial charge in [-0.05, 0) is 17.7 Å². The molecular formula is C10H7N5OS3. The first-order valence-corrected chi connectivity index (χ1v) is 7.87. The maximum atomic E-state index is 11.9. The summed E-state index contributed by atoms with van der Waals surface area (Å²) in [6.07, 6.45) is 1.86. The van der Waals surface area contributed by atoms with Crippen molar-refractivity contribution in [2.45, 2.75) is 5.16 Å². The van der Waals surface area contributed by atoms with E-state index in [1.807, 2.05) is 6.26 Å². The molecule has 9 heteroatoms. The van der Waals surface area contributed by atoms with Gasteiger partial charge in [-0.1, -0.05) is 11.8 Å². The van der Waals surface area contributed by atoms with Gasteiger partial charge in [0.25, 0.3) is 0 Å². The molecule has 0 saturated carbocycles. The Morgan fingerprint density at radius 3 is 3.05 bits per heavy atom. The highest BCUT2D eigenvalue weighted by atomic mass is 32.2. The van der Waals surface area contributed by atoms with Crippen LogP contribution in [-0.2, 0) is 0 Å². The fourth-order valence-electron chi connectivity index (χ4n) is 1.10. The van der Waals surface area contributed by atoms with Crippen LogP contribution in [0.3, 0.4) is 0 Å². The van der Waals surface area contributed by atoms with Crippen molar-refractivity contribution in [1.29, 1.82) is 5.26 Å². The van der Waals surface area contributed by atoms with E-state index in [-0.39, 0.29) is 5.71 Å². The van der Waals surface area contributed by atoms with Crippen LogP contribution in [0.25, 0.3) is 0 Å². The number of ketones is 1. The number of nitrogens with zero attached hydrogens (tertiary/aromatic N) is 4. The summed E-state index contributed by atoms with van der Waals surface area (Å²) in [6, 6.07) is 3.42. The van der Waals surface area contributed by atoms with E-state index >= 15 is 0 Å². The number of nitriles is 1. The van der Waals surface area contributed by atoms with Crippen molar-refractivity contribution in [3.05, 3.63) is 22.4 Å². The monoisotopic (exact) mass is 309 g/mol. The zero-order chi connectivity index (χ0) is 13.7. The lowest BCUT2D eigenvalue weighted by molar-refractivity contribution is 0.106. The lowest BCUT2D eigenvalue weighted by Gasteiger charge is -1.95. The number of hydrogen-bond donors (Lipinski definition) is 1. The number of anilines is 1. The Hall–Kier alpha value is -1.76. The highest BCUT2D eigenvalue weighted by Gasteiger charge is 2.14. The molecule has 0 aromatic carbocycles. The van der Waals surface area contributed by atoms with Crippen LogP contribution in [-0.4, -0.2) is 27.1 Å². The van der Waals surface area contributed by atoms with E-state index in [0.717, 1.165) is 11.5 Å². The minimum absolute atomic E-state index is 0.209. The maximum Gasteiger partial charge on any atom is 0.224 e. The second-order valence-electron chi connectivity index (χ2n) is 3.11. The van der Waals surface area contributed by atoms with Gasteiger partial charge in [0.2, 0.25) is 21.8 Å². The Labute approximate surface area is 121 Å². The van der Waals surface area contributed by atoms with Crippen LogP contribution in [0.2, 0.25) is 0 Å². The fraction of sp³-hybridized carbons (Fsp3) is 0.100. The van der Waals surface area contributed by atoms with Gasteiger partial charge < -0.3 is 0 Å². The number of hydrogen-bond acceptors (Lipinski definition) is 9. The van der Waals surface area contributed by atoms with Gasteiger partial charge in [-0.3, -0.25) is 4.79 Å². The second-order valence-corrected chi connectivity index (χ2v) is 5.42. The van der Waals surface area contributed by atoms with Gasteiger partial charge >= 0.3 is 0 Å². The standard InChI is InChI=1S/C10H7N5OS3/c1-17-10-12-9(19-15-10)14-13-7(4-11)8(16)6-2-3-18-5-6/h2-3,5H,1H3,(H,12,14,15)/b13-7+. The number of Topliss-reactive ketones (excluding diaryl/α,β-unsaturated/α-hetero) is 1. The van der Waals surface area contributed by atoms with Gasteiger partial charge in [0.1, 0.15) is 6.07 Å². The van der Waals surface area contributed by atoms with Gasteiger partial charge in [-0.25, -0.2) is 5.43 Å². The Morgan fingerprint density at radius 2 is 2.47 bits per heavy atom. The summed E-state index contributed by atoms with van der Waals surface area (Å²) >= 11 is 3.91. The fourth-order valence-corrected chi connectivity index (χ4v) is 2.80. The lowest BCUT2D eigenvalue weighted by Crippen LogP contribution is -2.13. The van der Waals surface area contributed by atoms with Crippen LogP contribution in [0.4, 0.5) is 5.13 Å². The quantitative estimate of drug-likeness (QED) is 0.395. The number of thiophene rings is 1. The molecule has 2 rings (SSSR count). The maximum absolute atomic E-state index is 11.9. The van der Waals surface area contributed by atoms with Gasteiger partial charge in [0.15, 0.2) is 0 Å². The van der Waals surface area contributed by atoms with Crippen LogP contribution >= 0.6 is 34.6 Å². The van der Waals surface area contributed by atoms with Crippen LogP contribution in [0, 0.1) is 11.3 Å². The first-order valence-electron chi connectivity index (χ1n) is 4.93. The predicted octanol–water partition coefficient (Wildman–Crippen LogP) is 2.50. The molecular weight excluding hydrogens is 302 g/mol. The first-order chi connectivity index (χ1) is 9.24. The molecule has 0 saturated heterocycles. The molecule has 0 spiro atoms. The Bertz CT molecular complexity index is 640. The molecule has 0 fully saturated rings. The molecule has 96 valence electrons. The van der Waals surface area contributed by atoms with Crippen molar-refractivity contribution in [2.24, 2.45) is 5.10 Å². The van der Waals surface area contributed by atoms with Crippen LogP contribution in [0.5, 0.6) is 0 Å². The Balaban J connectivity index is 2.12. The number of hydrazone groups is 1. The third-order valence-corrected chi connectivity index (χ3v) is 3.92. The molecule has 0 aliphatic heterocycles. The second kappa shape index (κ2) is 6.42. The van der Waals surface area contributed by atoms with Crippen LogP contribution < -0.4 is 5.43 Å². The van der Waals surface area contributed by atoms with E-state index in [0.29, 0.717) is 15.9 Å².